The molecular weight excluding hydrogens is 219 g/mol. The van der Waals surface area contributed by atoms with Crippen molar-refractivity contribution in [3.8, 4) is 5.75 Å². The molecule has 0 fully saturated rings. The minimum Gasteiger partial charge on any atom is -0.494 e. The van der Waals surface area contributed by atoms with Crippen LogP contribution in [0.1, 0.15) is 32.4 Å². The minimum atomic E-state index is -0.360. The molecule has 3 N–H and O–H groups in total. The van der Waals surface area contributed by atoms with Gasteiger partial charge in [-0.25, -0.2) is 4.39 Å². The fourth-order valence-electron chi connectivity index (χ4n) is 1.81. The van der Waals surface area contributed by atoms with Gasteiger partial charge in [0.2, 0.25) is 0 Å². The molecule has 0 saturated carbocycles. The van der Waals surface area contributed by atoms with Gasteiger partial charge < -0.3 is 4.74 Å². The highest BCUT2D eigenvalue weighted by atomic mass is 19.1. The molecule has 0 aliphatic carbocycles. The number of halogens is 1. The van der Waals surface area contributed by atoms with Gasteiger partial charge in [0.15, 0.2) is 11.6 Å². The molecule has 96 valence electrons. The van der Waals surface area contributed by atoms with Crippen molar-refractivity contribution in [2.75, 3.05) is 7.11 Å². The van der Waals surface area contributed by atoms with Gasteiger partial charge in [-0.15, -0.1) is 0 Å². The highest BCUT2D eigenvalue weighted by Crippen LogP contribution is 2.29. The van der Waals surface area contributed by atoms with E-state index in [0.29, 0.717) is 11.8 Å². The standard InChI is InChI=1S/C13H21FN2O/c1-8(2)9(3)13(16-15)10-5-6-12(17-4)11(14)7-10/h5-9,13,16H,15H2,1-4H3. The quantitative estimate of drug-likeness (QED) is 0.614. The molecule has 3 nitrogen and oxygen atoms in total. The average molecular weight is 240 g/mol. The first-order valence-corrected chi connectivity index (χ1v) is 5.80. The number of benzene rings is 1. The number of nitrogens with one attached hydrogen (secondary N) is 1. The van der Waals surface area contributed by atoms with Crippen LogP contribution >= 0.6 is 0 Å². The minimum absolute atomic E-state index is 0.0598. The SMILES string of the molecule is COc1ccc(C(NN)C(C)C(C)C)cc1F. The molecular formula is C13H21FN2O. The predicted octanol–water partition coefficient (Wildman–Crippen LogP) is 2.63. The molecule has 4 heteroatoms. The Bertz CT molecular complexity index is 368. The molecule has 0 aliphatic heterocycles. The molecule has 0 heterocycles. The third kappa shape index (κ3) is 3.17. The summed E-state index contributed by atoms with van der Waals surface area (Å²) >= 11 is 0. The van der Waals surface area contributed by atoms with E-state index in [0.717, 1.165) is 5.56 Å². The number of nitrogens with two attached hydrogens (primary N) is 1. The number of ether oxygens (including phenoxy) is 1. The van der Waals surface area contributed by atoms with Crippen LogP contribution in [0.4, 0.5) is 4.39 Å². The summed E-state index contributed by atoms with van der Waals surface area (Å²) in [5.74, 6) is 6.22. The maximum Gasteiger partial charge on any atom is 0.165 e. The molecule has 0 spiro atoms. The molecule has 0 aromatic heterocycles. The molecule has 1 aromatic carbocycles. The first-order valence-electron chi connectivity index (χ1n) is 5.80. The van der Waals surface area contributed by atoms with E-state index in [1.54, 1.807) is 6.07 Å². The van der Waals surface area contributed by atoms with Crippen LogP contribution < -0.4 is 16.0 Å². The van der Waals surface area contributed by atoms with Gasteiger partial charge in [-0.05, 0) is 29.5 Å². The first-order chi connectivity index (χ1) is 8.01. The maximum atomic E-state index is 13.6. The van der Waals surface area contributed by atoms with Gasteiger partial charge in [-0.3, -0.25) is 11.3 Å². The van der Waals surface area contributed by atoms with Crippen LogP contribution in [0.25, 0.3) is 0 Å². The normalized spacial score (nSPS) is 14.8. The van der Waals surface area contributed by atoms with E-state index < -0.39 is 0 Å². The lowest BCUT2D eigenvalue weighted by Gasteiger charge is -2.26. The van der Waals surface area contributed by atoms with Crippen molar-refractivity contribution in [2.24, 2.45) is 17.7 Å². The lowest BCUT2D eigenvalue weighted by atomic mass is 9.86. The van der Waals surface area contributed by atoms with Gasteiger partial charge in [0.1, 0.15) is 0 Å². The van der Waals surface area contributed by atoms with Crippen LogP contribution in [0.15, 0.2) is 18.2 Å². The van der Waals surface area contributed by atoms with Gasteiger partial charge in [0.25, 0.3) is 0 Å². The maximum absolute atomic E-state index is 13.6. The smallest absolute Gasteiger partial charge is 0.165 e. The molecule has 1 rings (SSSR count). The molecule has 2 atom stereocenters. The largest absolute Gasteiger partial charge is 0.494 e. The lowest BCUT2D eigenvalue weighted by molar-refractivity contribution is 0.305. The highest BCUT2D eigenvalue weighted by Gasteiger charge is 2.21. The lowest BCUT2D eigenvalue weighted by Crippen LogP contribution is -2.34. The summed E-state index contributed by atoms with van der Waals surface area (Å²) in [5, 5.41) is 0. The Morgan fingerprint density at radius 3 is 2.35 bits per heavy atom. The molecule has 0 aliphatic rings. The van der Waals surface area contributed by atoms with Gasteiger partial charge in [-0.1, -0.05) is 26.8 Å². The summed E-state index contributed by atoms with van der Waals surface area (Å²) in [4.78, 5) is 0. The monoisotopic (exact) mass is 240 g/mol. The van der Waals surface area contributed by atoms with E-state index in [-0.39, 0.29) is 17.6 Å². The topological polar surface area (TPSA) is 47.3 Å². The summed E-state index contributed by atoms with van der Waals surface area (Å²) in [5.41, 5.74) is 3.60. The van der Waals surface area contributed by atoms with Crippen molar-refractivity contribution in [1.29, 1.82) is 0 Å². The van der Waals surface area contributed by atoms with Crippen LogP contribution in [0.2, 0.25) is 0 Å². The number of hydrazine groups is 1. The van der Waals surface area contributed by atoms with E-state index in [4.69, 9.17) is 10.6 Å². The highest BCUT2D eigenvalue weighted by molar-refractivity contribution is 5.31. The Hall–Kier alpha value is -1.13. The van der Waals surface area contributed by atoms with Crippen molar-refractivity contribution in [2.45, 2.75) is 26.8 Å². The van der Waals surface area contributed by atoms with Crippen LogP contribution in [0.5, 0.6) is 5.75 Å². The van der Waals surface area contributed by atoms with Crippen molar-refractivity contribution < 1.29 is 9.13 Å². The van der Waals surface area contributed by atoms with Crippen molar-refractivity contribution in [3.63, 3.8) is 0 Å². The summed E-state index contributed by atoms with van der Waals surface area (Å²) < 4.78 is 18.5. The molecule has 0 radical (unpaired) electrons. The van der Waals surface area contributed by atoms with Gasteiger partial charge in [-0.2, -0.15) is 0 Å². The number of rotatable bonds is 5. The van der Waals surface area contributed by atoms with E-state index in [1.165, 1.54) is 13.2 Å². The van der Waals surface area contributed by atoms with Crippen LogP contribution in [-0.2, 0) is 0 Å². The summed E-state index contributed by atoms with van der Waals surface area (Å²) in [6, 6.07) is 4.88. The predicted molar refractivity (Wildman–Crippen MR) is 67.0 cm³/mol. The fraction of sp³-hybridized carbons (Fsp3) is 0.538. The third-order valence-electron chi connectivity index (χ3n) is 3.29. The Morgan fingerprint density at radius 2 is 1.94 bits per heavy atom. The Labute approximate surface area is 102 Å². The number of hydrogen-bond donors (Lipinski definition) is 2. The molecule has 0 bridgehead atoms. The molecule has 0 saturated heterocycles. The van der Waals surface area contributed by atoms with Crippen LogP contribution in [-0.4, -0.2) is 7.11 Å². The van der Waals surface area contributed by atoms with Gasteiger partial charge >= 0.3 is 0 Å². The summed E-state index contributed by atoms with van der Waals surface area (Å²) in [6.45, 7) is 6.33. The number of hydrogen-bond acceptors (Lipinski definition) is 3. The first kappa shape index (κ1) is 13.9. The zero-order chi connectivity index (χ0) is 13.0. The fourth-order valence-corrected chi connectivity index (χ4v) is 1.81. The van der Waals surface area contributed by atoms with Gasteiger partial charge in [0.05, 0.1) is 7.11 Å². The van der Waals surface area contributed by atoms with Gasteiger partial charge in [0, 0.05) is 6.04 Å². The molecule has 0 amide bonds. The Kier molecular flexibility index (Phi) is 4.90. The second-order valence-electron chi connectivity index (χ2n) is 4.64. The van der Waals surface area contributed by atoms with Crippen LogP contribution in [0.3, 0.4) is 0 Å². The van der Waals surface area contributed by atoms with E-state index in [2.05, 4.69) is 26.2 Å². The van der Waals surface area contributed by atoms with E-state index >= 15 is 0 Å². The Balaban J connectivity index is 3.00. The van der Waals surface area contributed by atoms with Crippen LogP contribution in [0, 0.1) is 17.7 Å². The molecule has 17 heavy (non-hydrogen) atoms. The summed E-state index contributed by atoms with van der Waals surface area (Å²) in [6.07, 6.45) is 0. The molecule has 2 unspecified atom stereocenters. The van der Waals surface area contributed by atoms with Crippen molar-refractivity contribution >= 4 is 0 Å². The Morgan fingerprint density at radius 1 is 1.29 bits per heavy atom. The zero-order valence-electron chi connectivity index (χ0n) is 10.8. The van der Waals surface area contributed by atoms with E-state index in [9.17, 15) is 4.39 Å². The molecule has 1 aromatic rings. The summed E-state index contributed by atoms with van der Waals surface area (Å²) in [7, 11) is 1.45. The zero-order valence-corrected chi connectivity index (χ0v) is 10.8. The third-order valence-corrected chi connectivity index (χ3v) is 3.29. The van der Waals surface area contributed by atoms with E-state index in [1.807, 2.05) is 6.07 Å². The number of methoxy groups -OCH3 is 1. The average Bonchev–Trinajstić information content (AvgIpc) is 2.30. The van der Waals surface area contributed by atoms with Crippen molar-refractivity contribution in [1.82, 2.24) is 5.43 Å². The second-order valence-corrected chi connectivity index (χ2v) is 4.64. The van der Waals surface area contributed by atoms with Crippen molar-refractivity contribution in [3.05, 3.63) is 29.6 Å². The second kappa shape index (κ2) is 5.98.